The molecule has 0 aromatic carbocycles. The minimum Gasteiger partial charge on any atom is -0.346 e. The van der Waals surface area contributed by atoms with E-state index in [2.05, 4.69) is 33.8 Å². The number of urea groups is 1. The van der Waals surface area contributed by atoms with Crippen LogP contribution in [-0.4, -0.2) is 90.1 Å². The van der Waals surface area contributed by atoms with Crippen molar-refractivity contribution in [2.75, 3.05) is 18.8 Å². The van der Waals surface area contributed by atoms with Gasteiger partial charge in [0.1, 0.15) is 12.1 Å². The molecule has 3 aliphatic rings. The molecule has 13 heteroatoms. The first-order valence-electron chi connectivity index (χ1n) is 17.3. The average Bonchev–Trinajstić information content (AvgIpc) is 3.30. The van der Waals surface area contributed by atoms with Crippen molar-refractivity contribution in [3.05, 3.63) is 12.7 Å². The molecule has 0 aromatic rings. The summed E-state index contributed by atoms with van der Waals surface area (Å²) < 4.78 is 25.6. The zero-order valence-electron chi connectivity index (χ0n) is 30.5. The van der Waals surface area contributed by atoms with E-state index < -0.39 is 73.2 Å². The van der Waals surface area contributed by atoms with Crippen LogP contribution in [-0.2, 0) is 29.0 Å². The molecule has 274 valence electrons. The molecule has 4 unspecified atom stereocenters. The maximum Gasteiger partial charge on any atom is 0.315 e. The zero-order valence-corrected chi connectivity index (χ0v) is 31.3. The van der Waals surface area contributed by atoms with Gasteiger partial charge in [0.2, 0.25) is 17.6 Å². The summed E-state index contributed by atoms with van der Waals surface area (Å²) in [4.78, 5) is 69.1. The van der Waals surface area contributed by atoms with Gasteiger partial charge < -0.3 is 26.2 Å². The maximum atomic E-state index is 14.4. The minimum absolute atomic E-state index is 0.0190. The van der Waals surface area contributed by atoms with Crippen LogP contribution in [0.4, 0.5) is 4.79 Å². The van der Waals surface area contributed by atoms with E-state index >= 15 is 0 Å². The molecule has 2 aliphatic carbocycles. The molecule has 0 aromatic heterocycles. The fourth-order valence-corrected chi connectivity index (χ4v) is 8.84. The van der Waals surface area contributed by atoms with Crippen molar-refractivity contribution in [3.63, 3.8) is 0 Å². The number of hydrogen-bond donors (Lipinski definition) is 4. The molecule has 3 rings (SSSR count). The van der Waals surface area contributed by atoms with Crippen LogP contribution in [0.1, 0.15) is 100 Å². The first-order chi connectivity index (χ1) is 22.5. The van der Waals surface area contributed by atoms with Crippen molar-refractivity contribution >= 4 is 39.4 Å². The van der Waals surface area contributed by atoms with Gasteiger partial charge in [0, 0.05) is 19.5 Å². The molecule has 49 heavy (non-hydrogen) atoms. The third kappa shape index (κ3) is 9.04. The SMILES string of the molecule is C#CCCC(NC(=O)C1C2C(CN1C(=O)[C@@H](NC(=O)NC1(CS(=O)(=O)C(C)(C)C)CCCCC1)C(C)(C)C)C2(C)C)C(=O)C(=O)NCC=C. The minimum atomic E-state index is -3.58. The summed E-state index contributed by atoms with van der Waals surface area (Å²) in [6.07, 6.45) is 10.5. The van der Waals surface area contributed by atoms with Crippen molar-refractivity contribution in [2.24, 2.45) is 22.7 Å². The Labute approximate surface area is 292 Å². The van der Waals surface area contributed by atoms with E-state index in [-0.39, 0.29) is 48.9 Å². The molecular weight excluding hydrogens is 646 g/mol. The summed E-state index contributed by atoms with van der Waals surface area (Å²) in [6.45, 7) is 18.3. The van der Waals surface area contributed by atoms with E-state index in [0.717, 1.165) is 19.3 Å². The van der Waals surface area contributed by atoms with Crippen molar-refractivity contribution in [2.45, 2.75) is 129 Å². The Kier molecular flexibility index (Phi) is 12.1. The standard InChI is InChI=1S/C36H57N5O7S/c1-11-13-17-24(27(42)30(44)37-20-12-2)38-29(43)26-25-23(35(25,9)10)21-41(26)31(45)28(33(3,4)5)39-32(46)40-36(18-15-14-16-19-36)22-49(47,48)34(6,7)8/h1,12,23-26,28H,2,13-22H2,3-10H3,(H,37,44)(H,38,43)(H2,39,40,46)/t23?,24?,25?,26?,28-/m1/s1. The van der Waals surface area contributed by atoms with Gasteiger partial charge in [0.05, 0.1) is 22.1 Å². The lowest BCUT2D eigenvalue weighted by atomic mass is 9.83. The van der Waals surface area contributed by atoms with Gasteiger partial charge >= 0.3 is 6.03 Å². The lowest BCUT2D eigenvalue weighted by molar-refractivity contribution is -0.145. The smallest absolute Gasteiger partial charge is 0.315 e. The number of carbonyl (C=O) groups is 5. The first kappa shape index (κ1) is 40.0. The quantitative estimate of drug-likeness (QED) is 0.130. The lowest BCUT2D eigenvalue weighted by Crippen LogP contribution is -2.64. The number of nitrogens with one attached hydrogen (secondary N) is 4. The normalized spacial score (nSPS) is 23.9. The Bertz CT molecular complexity index is 1460. The first-order valence-corrected chi connectivity index (χ1v) is 19.0. The number of Topliss-reactive ketones (excluding diaryl/α,β-unsaturated/α-hetero) is 1. The largest absolute Gasteiger partial charge is 0.346 e. The van der Waals surface area contributed by atoms with Crippen LogP contribution in [0.5, 0.6) is 0 Å². The average molecular weight is 704 g/mol. The lowest BCUT2D eigenvalue weighted by Gasteiger charge is -2.41. The Morgan fingerprint density at radius 2 is 1.63 bits per heavy atom. The summed E-state index contributed by atoms with van der Waals surface area (Å²) in [5.41, 5.74) is -2.00. The molecule has 1 heterocycles. The predicted molar refractivity (Wildman–Crippen MR) is 189 cm³/mol. The molecule has 5 amide bonds. The van der Waals surface area contributed by atoms with Gasteiger partial charge in [-0.3, -0.25) is 19.2 Å². The highest BCUT2D eigenvalue weighted by Gasteiger charge is 2.70. The molecule has 1 aliphatic heterocycles. The number of terminal acetylenes is 1. The van der Waals surface area contributed by atoms with Gasteiger partial charge in [-0.1, -0.05) is 60.0 Å². The molecule has 0 radical (unpaired) electrons. The summed E-state index contributed by atoms with van der Waals surface area (Å²) in [7, 11) is -3.58. The van der Waals surface area contributed by atoms with Gasteiger partial charge in [0.15, 0.2) is 9.84 Å². The number of rotatable bonds is 13. The molecular formula is C36H57N5O7S. The number of sulfone groups is 1. The van der Waals surface area contributed by atoms with Gasteiger partial charge in [-0.2, -0.15) is 0 Å². The Morgan fingerprint density at radius 3 is 2.16 bits per heavy atom. The molecule has 4 N–H and O–H groups in total. The summed E-state index contributed by atoms with van der Waals surface area (Å²) in [6, 6.07) is -3.84. The highest BCUT2D eigenvalue weighted by atomic mass is 32.2. The van der Waals surface area contributed by atoms with E-state index in [1.807, 2.05) is 34.6 Å². The summed E-state index contributed by atoms with van der Waals surface area (Å²) in [5.74, 6) is -0.684. The zero-order chi connectivity index (χ0) is 37.2. The molecule has 12 nitrogen and oxygen atoms in total. The molecule has 1 saturated heterocycles. The van der Waals surface area contributed by atoms with Crippen molar-refractivity contribution in [1.29, 1.82) is 0 Å². The van der Waals surface area contributed by atoms with Gasteiger partial charge in [-0.15, -0.1) is 18.9 Å². The Hall–Kier alpha value is -3.40. The molecule has 3 fully saturated rings. The highest BCUT2D eigenvalue weighted by molar-refractivity contribution is 7.92. The van der Waals surface area contributed by atoms with Crippen LogP contribution in [0.25, 0.3) is 0 Å². The number of fused-ring (bicyclic) bond motifs is 1. The van der Waals surface area contributed by atoms with Crippen LogP contribution in [0.2, 0.25) is 0 Å². The molecule has 0 spiro atoms. The van der Waals surface area contributed by atoms with Crippen molar-refractivity contribution < 1.29 is 32.4 Å². The fraction of sp³-hybridized carbons (Fsp3) is 0.750. The second-order valence-electron chi connectivity index (χ2n) is 16.7. The Morgan fingerprint density at radius 1 is 1.02 bits per heavy atom. The van der Waals surface area contributed by atoms with Gasteiger partial charge in [-0.05, 0) is 62.7 Å². The number of carbonyl (C=O) groups excluding carboxylic acids is 5. The number of nitrogens with zero attached hydrogens (tertiary/aromatic N) is 1. The van der Waals surface area contributed by atoms with Crippen LogP contribution >= 0.6 is 0 Å². The third-order valence-electron chi connectivity index (χ3n) is 10.6. The molecule has 0 bridgehead atoms. The maximum absolute atomic E-state index is 14.4. The second-order valence-corrected chi connectivity index (χ2v) is 19.4. The number of amides is 5. The number of hydrogen-bond acceptors (Lipinski definition) is 7. The van der Waals surface area contributed by atoms with E-state index in [1.54, 1.807) is 20.8 Å². The summed E-state index contributed by atoms with van der Waals surface area (Å²) in [5, 5.41) is 11.0. The number of likely N-dealkylation sites (tertiary alicyclic amines) is 1. The predicted octanol–water partition coefficient (Wildman–Crippen LogP) is 2.87. The monoisotopic (exact) mass is 703 g/mol. The van der Waals surface area contributed by atoms with Crippen molar-refractivity contribution in [3.8, 4) is 12.3 Å². The van der Waals surface area contributed by atoms with Crippen LogP contribution in [0, 0.1) is 35.0 Å². The van der Waals surface area contributed by atoms with Crippen LogP contribution < -0.4 is 21.3 Å². The topological polar surface area (TPSA) is 171 Å². The highest BCUT2D eigenvalue weighted by Crippen LogP contribution is 2.65. The third-order valence-corrected chi connectivity index (χ3v) is 13.4. The van der Waals surface area contributed by atoms with E-state index in [1.165, 1.54) is 11.0 Å². The van der Waals surface area contributed by atoms with Gasteiger partial charge in [-0.25, -0.2) is 13.2 Å². The second kappa shape index (κ2) is 14.8. The van der Waals surface area contributed by atoms with E-state index in [4.69, 9.17) is 6.42 Å². The molecule has 2 saturated carbocycles. The van der Waals surface area contributed by atoms with E-state index in [9.17, 15) is 32.4 Å². The Balaban J connectivity index is 1.87. The fourth-order valence-electron chi connectivity index (χ4n) is 7.31. The molecule has 5 atom stereocenters. The van der Waals surface area contributed by atoms with Gasteiger partial charge in [0.25, 0.3) is 5.91 Å². The van der Waals surface area contributed by atoms with E-state index in [0.29, 0.717) is 12.8 Å². The van der Waals surface area contributed by atoms with Crippen LogP contribution in [0.15, 0.2) is 12.7 Å². The number of ketones is 1. The van der Waals surface area contributed by atoms with Crippen molar-refractivity contribution in [1.82, 2.24) is 26.2 Å². The summed E-state index contributed by atoms with van der Waals surface area (Å²) >= 11 is 0. The van der Waals surface area contributed by atoms with Crippen LogP contribution in [0.3, 0.4) is 0 Å². The number of piperidine rings is 1.